The first-order valence-corrected chi connectivity index (χ1v) is 7.05. The standard InChI is InChI=1S/C14H15N3OS.ClH/c15-7-8-17-11-5-2-1-4-10(11)16-13(14(17)18)12-6-3-9-19-12;/h1-6,9,14,18H,7-8,15H2;1H. The number of aliphatic imine (C=N–C) groups is 1. The van der Waals surface area contributed by atoms with Gasteiger partial charge in [0.05, 0.1) is 16.3 Å². The van der Waals surface area contributed by atoms with Crippen LogP contribution in [0.2, 0.25) is 0 Å². The molecule has 20 heavy (non-hydrogen) atoms. The van der Waals surface area contributed by atoms with Crippen molar-refractivity contribution in [2.45, 2.75) is 6.23 Å². The van der Waals surface area contributed by atoms with Gasteiger partial charge in [-0.05, 0) is 23.6 Å². The van der Waals surface area contributed by atoms with Gasteiger partial charge in [0.25, 0.3) is 0 Å². The van der Waals surface area contributed by atoms with E-state index in [9.17, 15) is 5.11 Å². The van der Waals surface area contributed by atoms with Crippen LogP contribution in [0.25, 0.3) is 0 Å². The smallest absolute Gasteiger partial charge is 0.172 e. The quantitative estimate of drug-likeness (QED) is 0.915. The number of nitrogens with two attached hydrogens (primary N) is 1. The van der Waals surface area contributed by atoms with Crippen molar-refractivity contribution in [1.82, 2.24) is 0 Å². The summed E-state index contributed by atoms with van der Waals surface area (Å²) >= 11 is 1.58. The van der Waals surface area contributed by atoms with Crippen molar-refractivity contribution in [3.63, 3.8) is 0 Å². The average Bonchev–Trinajstić information content (AvgIpc) is 2.95. The maximum absolute atomic E-state index is 10.5. The summed E-state index contributed by atoms with van der Waals surface area (Å²) in [5.74, 6) is 0. The molecule has 2 heterocycles. The van der Waals surface area contributed by atoms with Crippen LogP contribution in [-0.2, 0) is 0 Å². The van der Waals surface area contributed by atoms with Gasteiger partial charge in [-0.2, -0.15) is 0 Å². The van der Waals surface area contributed by atoms with Gasteiger partial charge < -0.3 is 15.7 Å². The molecule has 0 amide bonds. The van der Waals surface area contributed by atoms with Crippen molar-refractivity contribution < 1.29 is 5.11 Å². The first kappa shape index (κ1) is 15.0. The molecule has 1 unspecified atom stereocenters. The highest BCUT2D eigenvalue weighted by atomic mass is 35.5. The van der Waals surface area contributed by atoms with Crippen molar-refractivity contribution in [1.29, 1.82) is 0 Å². The Morgan fingerprint density at radius 1 is 1.25 bits per heavy atom. The summed E-state index contributed by atoms with van der Waals surface area (Å²) in [6, 6.07) is 11.7. The minimum Gasteiger partial charge on any atom is -0.368 e. The lowest BCUT2D eigenvalue weighted by molar-refractivity contribution is 0.234. The number of aliphatic hydroxyl groups is 1. The van der Waals surface area contributed by atoms with Gasteiger partial charge in [-0.15, -0.1) is 23.7 Å². The molecule has 1 aromatic carbocycles. The number of rotatable bonds is 3. The molecule has 6 heteroatoms. The summed E-state index contributed by atoms with van der Waals surface area (Å²) < 4.78 is 0. The van der Waals surface area contributed by atoms with Crippen LogP contribution in [0.3, 0.4) is 0 Å². The van der Waals surface area contributed by atoms with E-state index in [0.717, 1.165) is 16.3 Å². The molecule has 1 atom stereocenters. The van der Waals surface area contributed by atoms with E-state index in [2.05, 4.69) is 4.99 Å². The topological polar surface area (TPSA) is 61.8 Å². The molecule has 3 N–H and O–H groups in total. The largest absolute Gasteiger partial charge is 0.368 e. The zero-order chi connectivity index (χ0) is 13.2. The molecule has 0 radical (unpaired) electrons. The number of hydrogen-bond acceptors (Lipinski definition) is 5. The molecule has 4 nitrogen and oxygen atoms in total. The third kappa shape index (κ3) is 2.58. The van der Waals surface area contributed by atoms with Crippen LogP contribution in [0.1, 0.15) is 4.88 Å². The van der Waals surface area contributed by atoms with Crippen LogP contribution >= 0.6 is 23.7 Å². The molecular weight excluding hydrogens is 294 g/mol. The first-order valence-electron chi connectivity index (χ1n) is 6.17. The highest BCUT2D eigenvalue weighted by Gasteiger charge is 2.29. The van der Waals surface area contributed by atoms with Crippen LogP contribution in [0.15, 0.2) is 46.8 Å². The number of aliphatic hydroxyl groups excluding tert-OH is 1. The highest BCUT2D eigenvalue weighted by Crippen LogP contribution is 2.35. The van der Waals surface area contributed by atoms with Gasteiger partial charge in [0.2, 0.25) is 0 Å². The van der Waals surface area contributed by atoms with Gasteiger partial charge in [-0.3, -0.25) is 0 Å². The molecule has 0 spiro atoms. The number of benzene rings is 1. The minimum atomic E-state index is -0.739. The number of halogens is 1. The molecule has 3 rings (SSSR count). The second-order valence-corrected chi connectivity index (χ2v) is 5.27. The van der Waals surface area contributed by atoms with Gasteiger partial charge in [-0.25, -0.2) is 4.99 Å². The Balaban J connectivity index is 0.00000147. The van der Waals surface area contributed by atoms with E-state index in [0.29, 0.717) is 18.8 Å². The van der Waals surface area contributed by atoms with Crippen LogP contribution in [0.5, 0.6) is 0 Å². The number of nitrogens with zero attached hydrogens (tertiary/aromatic N) is 2. The van der Waals surface area contributed by atoms with Crippen LogP contribution in [0.4, 0.5) is 11.4 Å². The van der Waals surface area contributed by atoms with Gasteiger partial charge in [0.1, 0.15) is 5.71 Å². The lowest BCUT2D eigenvalue weighted by atomic mass is 10.1. The maximum Gasteiger partial charge on any atom is 0.172 e. The Morgan fingerprint density at radius 3 is 2.75 bits per heavy atom. The number of anilines is 1. The number of para-hydroxylation sites is 2. The Hall–Kier alpha value is -1.40. The molecule has 1 aromatic heterocycles. The van der Waals surface area contributed by atoms with Crippen LogP contribution < -0.4 is 10.6 Å². The number of hydrogen-bond donors (Lipinski definition) is 2. The molecule has 0 saturated carbocycles. The Bertz CT molecular complexity index is 600. The third-order valence-corrected chi connectivity index (χ3v) is 4.01. The van der Waals surface area contributed by atoms with Crippen molar-refractivity contribution in [2.75, 3.05) is 18.0 Å². The molecular formula is C14H16ClN3OS. The van der Waals surface area contributed by atoms with Crippen molar-refractivity contribution in [3.05, 3.63) is 46.7 Å². The Morgan fingerprint density at radius 2 is 2.05 bits per heavy atom. The molecule has 1 aliphatic rings. The predicted octanol–water partition coefficient (Wildman–Crippen LogP) is 2.39. The molecule has 0 aliphatic carbocycles. The molecule has 2 aromatic rings. The molecule has 0 saturated heterocycles. The van der Waals surface area contributed by atoms with E-state index in [1.807, 2.05) is 46.7 Å². The average molecular weight is 310 g/mol. The van der Waals surface area contributed by atoms with Crippen LogP contribution in [0, 0.1) is 0 Å². The normalized spacial score (nSPS) is 17.2. The summed E-state index contributed by atoms with van der Waals surface area (Å²) in [7, 11) is 0. The maximum atomic E-state index is 10.5. The van der Waals surface area contributed by atoms with Gasteiger partial charge in [-0.1, -0.05) is 18.2 Å². The van der Waals surface area contributed by atoms with E-state index in [4.69, 9.17) is 5.73 Å². The van der Waals surface area contributed by atoms with E-state index >= 15 is 0 Å². The number of thiophene rings is 1. The van der Waals surface area contributed by atoms with E-state index in [-0.39, 0.29) is 12.4 Å². The highest BCUT2D eigenvalue weighted by molar-refractivity contribution is 7.12. The van der Waals surface area contributed by atoms with E-state index in [1.54, 1.807) is 11.3 Å². The molecule has 0 fully saturated rings. The zero-order valence-corrected chi connectivity index (χ0v) is 12.4. The fourth-order valence-corrected chi connectivity index (χ4v) is 2.99. The fourth-order valence-electron chi connectivity index (χ4n) is 2.26. The zero-order valence-electron chi connectivity index (χ0n) is 10.8. The van der Waals surface area contributed by atoms with Gasteiger partial charge in [0, 0.05) is 13.1 Å². The first-order chi connectivity index (χ1) is 9.31. The lowest BCUT2D eigenvalue weighted by Crippen LogP contribution is -2.45. The summed E-state index contributed by atoms with van der Waals surface area (Å²) in [5, 5.41) is 12.5. The predicted molar refractivity (Wildman–Crippen MR) is 86.6 cm³/mol. The SMILES string of the molecule is Cl.NCCN1c2ccccc2N=C(c2cccs2)C1O. The fraction of sp³-hybridized carbons (Fsp3) is 0.214. The molecule has 1 aliphatic heterocycles. The summed E-state index contributed by atoms with van der Waals surface area (Å²) in [4.78, 5) is 7.49. The Kier molecular flexibility index (Phi) is 4.77. The number of fused-ring (bicyclic) bond motifs is 1. The van der Waals surface area contributed by atoms with E-state index < -0.39 is 6.23 Å². The third-order valence-electron chi connectivity index (χ3n) is 3.12. The second-order valence-electron chi connectivity index (χ2n) is 4.32. The van der Waals surface area contributed by atoms with Gasteiger partial charge >= 0.3 is 0 Å². The monoisotopic (exact) mass is 309 g/mol. The molecule has 0 bridgehead atoms. The molecule has 106 valence electrons. The lowest BCUT2D eigenvalue weighted by Gasteiger charge is -2.34. The summed E-state index contributed by atoms with van der Waals surface area (Å²) in [5.41, 5.74) is 8.16. The van der Waals surface area contributed by atoms with E-state index in [1.165, 1.54) is 0 Å². The van der Waals surface area contributed by atoms with Crippen LogP contribution in [-0.4, -0.2) is 30.1 Å². The van der Waals surface area contributed by atoms with Crippen molar-refractivity contribution in [2.24, 2.45) is 10.7 Å². The second kappa shape index (κ2) is 6.37. The minimum absolute atomic E-state index is 0. The van der Waals surface area contributed by atoms with Crippen molar-refractivity contribution >= 4 is 40.8 Å². The summed E-state index contributed by atoms with van der Waals surface area (Å²) in [6.45, 7) is 1.09. The van der Waals surface area contributed by atoms with Gasteiger partial charge in [0.15, 0.2) is 6.23 Å². The van der Waals surface area contributed by atoms with Crippen molar-refractivity contribution in [3.8, 4) is 0 Å². The summed E-state index contributed by atoms with van der Waals surface area (Å²) in [6.07, 6.45) is -0.739. The Labute approximate surface area is 128 Å².